The van der Waals surface area contributed by atoms with Crippen LogP contribution in [0.2, 0.25) is 0 Å². The first-order valence-electron chi connectivity index (χ1n) is 9.36. The standard InChI is InChI=1S/C19H29N3O3S/c1-14-7-8-16(12-15(14)2)26(24,25)21(3)13-19(23)20-17-9-11-22-10-5-4-6-18(17)22/h7-8,12,17-18H,4-6,9-11,13H2,1-3H3,(H,20,23)/t17-,18-/m1/s1. The number of piperidine rings is 1. The van der Waals surface area contributed by atoms with Crippen molar-refractivity contribution in [1.29, 1.82) is 0 Å². The predicted molar refractivity (Wildman–Crippen MR) is 101 cm³/mol. The molecule has 1 amide bonds. The lowest BCUT2D eigenvalue weighted by Gasteiger charge is -2.32. The molecule has 1 aromatic rings. The topological polar surface area (TPSA) is 69.7 Å². The second-order valence-electron chi connectivity index (χ2n) is 7.57. The summed E-state index contributed by atoms with van der Waals surface area (Å²) in [6, 6.07) is 5.61. The van der Waals surface area contributed by atoms with Gasteiger partial charge in [0.15, 0.2) is 0 Å². The Bertz CT molecular complexity index is 778. The largest absolute Gasteiger partial charge is 0.351 e. The van der Waals surface area contributed by atoms with Gasteiger partial charge in [-0.05, 0) is 62.9 Å². The molecule has 2 aliphatic rings. The lowest BCUT2D eigenvalue weighted by molar-refractivity contribution is -0.122. The van der Waals surface area contributed by atoms with Crippen molar-refractivity contribution in [2.45, 2.75) is 56.5 Å². The van der Waals surface area contributed by atoms with Crippen LogP contribution in [0.15, 0.2) is 23.1 Å². The highest BCUT2D eigenvalue weighted by molar-refractivity contribution is 7.89. The molecule has 2 saturated heterocycles. The third-order valence-corrected chi connectivity index (χ3v) is 7.55. The van der Waals surface area contributed by atoms with Gasteiger partial charge in [-0.15, -0.1) is 0 Å². The maximum Gasteiger partial charge on any atom is 0.243 e. The van der Waals surface area contributed by atoms with Crippen LogP contribution in [-0.4, -0.2) is 62.3 Å². The molecule has 0 saturated carbocycles. The number of nitrogens with one attached hydrogen (secondary N) is 1. The number of carbonyl (C=O) groups is 1. The van der Waals surface area contributed by atoms with E-state index in [1.165, 1.54) is 19.9 Å². The Morgan fingerprint density at radius 1 is 1.19 bits per heavy atom. The normalized spacial score (nSPS) is 23.8. The Hall–Kier alpha value is -1.44. The zero-order valence-corrected chi connectivity index (χ0v) is 16.7. The van der Waals surface area contributed by atoms with Gasteiger partial charge in [0.05, 0.1) is 11.4 Å². The summed E-state index contributed by atoms with van der Waals surface area (Å²) >= 11 is 0. The van der Waals surface area contributed by atoms with Gasteiger partial charge in [-0.3, -0.25) is 9.69 Å². The second-order valence-corrected chi connectivity index (χ2v) is 9.61. The van der Waals surface area contributed by atoms with E-state index in [0.29, 0.717) is 6.04 Å². The summed E-state index contributed by atoms with van der Waals surface area (Å²) in [6.07, 6.45) is 4.49. The smallest absolute Gasteiger partial charge is 0.243 e. The molecular weight excluding hydrogens is 350 g/mol. The fourth-order valence-electron chi connectivity index (χ4n) is 4.01. The number of sulfonamides is 1. The maximum atomic E-state index is 12.7. The number of likely N-dealkylation sites (N-methyl/N-ethyl adjacent to an activating group) is 1. The first-order valence-corrected chi connectivity index (χ1v) is 10.8. The molecule has 1 N–H and O–H groups in total. The van der Waals surface area contributed by atoms with Gasteiger partial charge in [0.25, 0.3) is 0 Å². The number of hydrogen-bond donors (Lipinski definition) is 1. The number of carbonyl (C=O) groups excluding carboxylic acids is 1. The van der Waals surface area contributed by atoms with Crippen molar-refractivity contribution in [2.75, 3.05) is 26.7 Å². The molecule has 0 aliphatic carbocycles. The minimum Gasteiger partial charge on any atom is -0.351 e. The quantitative estimate of drug-likeness (QED) is 0.845. The average molecular weight is 380 g/mol. The van der Waals surface area contributed by atoms with E-state index in [4.69, 9.17) is 0 Å². The Kier molecular flexibility index (Phi) is 5.69. The molecule has 7 heteroatoms. The zero-order chi connectivity index (χ0) is 18.9. The lowest BCUT2D eigenvalue weighted by Crippen LogP contribution is -2.49. The molecule has 3 rings (SSSR count). The maximum absolute atomic E-state index is 12.7. The first kappa shape index (κ1) is 19.3. The van der Waals surface area contributed by atoms with Gasteiger partial charge in [0.2, 0.25) is 15.9 Å². The van der Waals surface area contributed by atoms with Gasteiger partial charge in [-0.2, -0.15) is 4.31 Å². The Balaban J connectivity index is 1.62. The summed E-state index contributed by atoms with van der Waals surface area (Å²) in [5.74, 6) is -0.225. The fraction of sp³-hybridized carbons (Fsp3) is 0.632. The summed E-state index contributed by atoms with van der Waals surface area (Å²) in [5, 5.41) is 3.07. The number of aryl methyl sites for hydroxylation is 2. The molecule has 144 valence electrons. The minimum atomic E-state index is -3.67. The average Bonchev–Trinajstić information content (AvgIpc) is 3.00. The van der Waals surface area contributed by atoms with Crippen molar-refractivity contribution in [2.24, 2.45) is 0 Å². The summed E-state index contributed by atoms with van der Waals surface area (Å²) in [4.78, 5) is 15.1. The van der Waals surface area contributed by atoms with Gasteiger partial charge in [-0.1, -0.05) is 12.5 Å². The highest BCUT2D eigenvalue weighted by Gasteiger charge is 2.36. The molecule has 0 bridgehead atoms. The molecule has 2 fully saturated rings. The summed E-state index contributed by atoms with van der Waals surface area (Å²) in [5.41, 5.74) is 1.97. The van der Waals surface area contributed by atoms with Gasteiger partial charge in [0.1, 0.15) is 0 Å². The van der Waals surface area contributed by atoms with E-state index in [9.17, 15) is 13.2 Å². The lowest BCUT2D eigenvalue weighted by atomic mass is 9.99. The van der Waals surface area contributed by atoms with Crippen molar-refractivity contribution < 1.29 is 13.2 Å². The summed E-state index contributed by atoms with van der Waals surface area (Å²) in [7, 11) is -2.20. The van der Waals surface area contributed by atoms with Crippen molar-refractivity contribution in [1.82, 2.24) is 14.5 Å². The molecule has 0 spiro atoms. The molecule has 26 heavy (non-hydrogen) atoms. The second kappa shape index (κ2) is 7.66. The predicted octanol–water partition coefficient (Wildman–Crippen LogP) is 1.67. The van der Waals surface area contributed by atoms with Crippen molar-refractivity contribution in [3.05, 3.63) is 29.3 Å². The number of rotatable bonds is 5. The third-order valence-electron chi connectivity index (χ3n) is 5.76. The van der Waals surface area contributed by atoms with Crippen LogP contribution in [0.1, 0.15) is 36.8 Å². The van der Waals surface area contributed by atoms with Crippen LogP contribution in [0, 0.1) is 13.8 Å². The van der Waals surface area contributed by atoms with Crippen LogP contribution in [0.5, 0.6) is 0 Å². The van der Waals surface area contributed by atoms with Gasteiger partial charge < -0.3 is 5.32 Å². The van der Waals surface area contributed by atoms with E-state index < -0.39 is 10.0 Å². The van der Waals surface area contributed by atoms with Gasteiger partial charge in [-0.25, -0.2) is 8.42 Å². The number of benzene rings is 1. The number of amides is 1. The van der Waals surface area contributed by atoms with E-state index in [-0.39, 0.29) is 23.4 Å². The highest BCUT2D eigenvalue weighted by Crippen LogP contribution is 2.27. The number of fused-ring (bicyclic) bond motifs is 1. The molecule has 2 heterocycles. The Labute approximate surface area is 156 Å². The van der Waals surface area contributed by atoms with E-state index in [0.717, 1.165) is 41.4 Å². The molecule has 6 nitrogen and oxygen atoms in total. The van der Waals surface area contributed by atoms with E-state index in [1.807, 2.05) is 13.8 Å². The fourth-order valence-corrected chi connectivity index (χ4v) is 5.22. The Morgan fingerprint density at radius 2 is 1.96 bits per heavy atom. The van der Waals surface area contributed by atoms with Crippen LogP contribution < -0.4 is 5.32 Å². The molecule has 2 atom stereocenters. The van der Waals surface area contributed by atoms with E-state index in [2.05, 4.69) is 10.2 Å². The zero-order valence-electron chi connectivity index (χ0n) is 15.9. The molecule has 0 radical (unpaired) electrons. The van der Waals surface area contributed by atoms with Crippen molar-refractivity contribution >= 4 is 15.9 Å². The summed E-state index contributed by atoms with van der Waals surface area (Å²) in [6.45, 7) is 5.80. The van der Waals surface area contributed by atoms with Gasteiger partial charge >= 0.3 is 0 Å². The number of nitrogens with zero attached hydrogens (tertiary/aromatic N) is 2. The van der Waals surface area contributed by atoms with Crippen LogP contribution in [0.25, 0.3) is 0 Å². The minimum absolute atomic E-state index is 0.139. The molecule has 1 aromatic carbocycles. The molecule has 0 unspecified atom stereocenters. The Morgan fingerprint density at radius 3 is 2.69 bits per heavy atom. The van der Waals surface area contributed by atoms with Gasteiger partial charge in [0, 0.05) is 25.7 Å². The van der Waals surface area contributed by atoms with E-state index >= 15 is 0 Å². The first-order chi connectivity index (χ1) is 12.3. The molecule has 2 aliphatic heterocycles. The highest BCUT2D eigenvalue weighted by atomic mass is 32.2. The third kappa shape index (κ3) is 3.94. The van der Waals surface area contributed by atoms with E-state index in [1.54, 1.807) is 18.2 Å². The SMILES string of the molecule is Cc1ccc(S(=O)(=O)N(C)CC(=O)N[C@@H]2CCN3CCCC[C@H]23)cc1C. The monoisotopic (exact) mass is 379 g/mol. The van der Waals surface area contributed by atoms with Crippen molar-refractivity contribution in [3.63, 3.8) is 0 Å². The van der Waals surface area contributed by atoms with Crippen LogP contribution in [0.4, 0.5) is 0 Å². The summed E-state index contributed by atoms with van der Waals surface area (Å²) < 4.78 is 26.6. The van der Waals surface area contributed by atoms with Crippen LogP contribution >= 0.6 is 0 Å². The molecular formula is C19H29N3O3S. The van der Waals surface area contributed by atoms with Crippen LogP contribution in [-0.2, 0) is 14.8 Å². The molecule has 0 aromatic heterocycles. The van der Waals surface area contributed by atoms with Crippen molar-refractivity contribution in [3.8, 4) is 0 Å². The number of hydrogen-bond acceptors (Lipinski definition) is 4. The van der Waals surface area contributed by atoms with Crippen LogP contribution in [0.3, 0.4) is 0 Å².